The number of hydrogen-bond acceptors (Lipinski definition) is 2. The molecule has 0 radical (unpaired) electrons. The van der Waals surface area contributed by atoms with Crippen molar-refractivity contribution in [1.29, 1.82) is 0 Å². The number of rotatable bonds is 4. The van der Waals surface area contributed by atoms with Crippen LogP contribution < -0.4 is 11.1 Å². The molecule has 18 heavy (non-hydrogen) atoms. The van der Waals surface area contributed by atoms with Crippen LogP contribution in [0.4, 0.5) is 5.69 Å². The average molecular weight is 246 g/mol. The zero-order chi connectivity index (χ0) is 13.0. The van der Waals surface area contributed by atoms with E-state index in [9.17, 15) is 4.79 Å². The van der Waals surface area contributed by atoms with Crippen molar-refractivity contribution in [2.75, 3.05) is 5.73 Å². The third-order valence-corrected chi connectivity index (χ3v) is 3.91. The van der Waals surface area contributed by atoms with Crippen molar-refractivity contribution in [2.45, 2.75) is 45.6 Å². The van der Waals surface area contributed by atoms with Gasteiger partial charge in [0.15, 0.2) is 0 Å². The second-order valence-corrected chi connectivity index (χ2v) is 5.26. The average Bonchev–Trinajstić information content (AvgIpc) is 2.84. The second kappa shape index (κ2) is 5.89. The van der Waals surface area contributed by atoms with Gasteiger partial charge in [-0.25, -0.2) is 0 Å². The van der Waals surface area contributed by atoms with E-state index < -0.39 is 0 Å². The molecule has 3 nitrogen and oxygen atoms in total. The number of anilines is 1. The third-order valence-electron chi connectivity index (χ3n) is 3.91. The van der Waals surface area contributed by atoms with Crippen molar-refractivity contribution in [3.63, 3.8) is 0 Å². The molecule has 1 saturated carbocycles. The van der Waals surface area contributed by atoms with Crippen LogP contribution in [0.5, 0.6) is 0 Å². The summed E-state index contributed by atoms with van der Waals surface area (Å²) in [5.41, 5.74) is 8.81. The highest BCUT2D eigenvalue weighted by molar-refractivity contribution is 5.76. The van der Waals surface area contributed by atoms with E-state index in [0.717, 1.165) is 16.8 Å². The number of nitrogen functional groups attached to an aromatic ring is 1. The number of nitrogens with one attached hydrogen (secondary N) is 1. The van der Waals surface area contributed by atoms with E-state index in [1.807, 2.05) is 25.1 Å². The highest BCUT2D eigenvalue weighted by Gasteiger charge is 2.18. The molecule has 0 spiro atoms. The summed E-state index contributed by atoms with van der Waals surface area (Å²) in [7, 11) is 0. The van der Waals surface area contributed by atoms with Crippen LogP contribution in [0.3, 0.4) is 0 Å². The Balaban J connectivity index is 1.83. The van der Waals surface area contributed by atoms with Gasteiger partial charge >= 0.3 is 0 Å². The van der Waals surface area contributed by atoms with Crippen LogP contribution in [0.15, 0.2) is 18.2 Å². The fraction of sp³-hybridized carbons (Fsp3) is 0.533. The predicted octanol–water partition coefficient (Wildman–Crippen LogP) is 2.77. The van der Waals surface area contributed by atoms with Gasteiger partial charge in [-0.1, -0.05) is 25.0 Å². The summed E-state index contributed by atoms with van der Waals surface area (Å²) < 4.78 is 0. The summed E-state index contributed by atoms with van der Waals surface area (Å²) in [4.78, 5) is 11.8. The third kappa shape index (κ3) is 3.25. The Morgan fingerprint density at radius 3 is 2.83 bits per heavy atom. The van der Waals surface area contributed by atoms with Gasteiger partial charge < -0.3 is 11.1 Å². The first-order valence-corrected chi connectivity index (χ1v) is 6.77. The van der Waals surface area contributed by atoms with Gasteiger partial charge in [0.25, 0.3) is 0 Å². The lowest BCUT2D eigenvalue weighted by atomic mass is 10.0. The van der Waals surface area contributed by atoms with Crippen molar-refractivity contribution in [2.24, 2.45) is 5.92 Å². The van der Waals surface area contributed by atoms with Crippen molar-refractivity contribution in [3.8, 4) is 0 Å². The first kappa shape index (κ1) is 12.9. The van der Waals surface area contributed by atoms with Gasteiger partial charge in [-0.05, 0) is 42.9 Å². The Hall–Kier alpha value is -1.51. The quantitative estimate of drug-likeness (QED) is 0.803. The molecule has 0 aliphatic heterocycles. The lowest BCUT2D eigenvalue weighted by Crippen LogP contribution is -2.25. The summed E-state index contributed by atoms with van der Waals surface area (Å²) in [6.07, 6.45) is 5.68. The Morgan fingerprint density at radius 2 is 2.11 bits per heavy atom. The lowest BCUT2D eigenvalue weighted by molar-refractivity contribution is -0.122. The molecule has 0 saturated heterocycles. The van der Waals surface area contributed by atoms with E-state index in [1.165, 1.54) is 25.7 Å². The van der Waals surface area contributed by atoms with Crippen LogP contribution in [-0.4, -0.2) is 5.91 Å². The molecule has 1 amide bonds. The first-order valence-electron chi connectivity index (χ1n) is 6.77. The smallest absolute Gasteiger partial charge is 0.220 e. The van der Waals surface area contributed by atoms with Gasteiger partial charge in [0.05, 0.1) is 0 Å². The van der Waals surface area contributed by atoms with E-state index in [1.54, 1.807) is 0 Å². The van der Waals surface area contributed by atoms with Gasteiger partial charge in [-0.3, -0.25) is 4.79 Å². The minimum absolute atomic E-state index is 0.170. The van der Waals surface area contributed by atoms with E-state index in [4.69, 9.17) is 5.73 Å². The minimum Gasteiger partial charge on any atom is -0.399 e. The van der Waals surface area contributed by atoms with Gasteiger partial charge in [0, 0.05) is 18.7 Å². The second-order valence-electron chi connectivity index (χ2n) is 5.26. The molecular formula is C15H22N2O. The first-order chi connectivity index (χ1) is 8.66. The van der Waals surface area contributed by atoms with E-state index in [-0.39, 0.29) is 5.91 Å². The molecule has 3 N–H and O–H groups in total. The fourth-order valence-electron chi connectivity index (χ4n) is 2.64. The zero-order valence-corrected chi connectivity index (χ0v) is 11.0. The molecule has 1 fully saturated rings. The van der Waals surface area contributed by atoms with Crippen molar-refractivity contribution in [3.05, 3.63) is 29.3 Å². The van der Waals surface area contributed by atoms with Gasteiger partial charge in [0.2, 0.25) is 5.91 Å². The lowest BCUT2D eigenvalue weighted by Gasteiger charge is -2.12. The Morgan fingerprint density at radius 1 is 1.39 bits per heavy atom. The molecule has 0 unspecified atom stereocenters. The number of carbonyl (C=O) groups is 1. The van der Waals surface area contributed by atoms with Crippen LogP contribution in [0.2, 0.25) is 0 Å². The topological polar surface area (TPSA) is 55.1 Å². The summed E-state index contributed by atoms with van der Waals surface area (Å²) in [5, 5.41) is 3.00. The molecule has 0 aromatic heterocycles. The Bertz CT molecular complexity index is 423. The number of benzene rings is 1. The van der Waals surface area contributed by atoms with Gasteiger partial charge in [-0.15, -0.1) is 0 Å². The number of hydrogen-bond donors (Lipinski definition) is 2. The normalized spacial score (nSPS) is 15.8. The van der Waals surface area contributed by atoms with Crippen LogP contribution in [0, 0.1) is 12.8 Å². The van der Waals surface area contributed by atoms with Crippen LogP contribution in [-0.2, 0) is 11.3 Å². The van der Waals surface area contributed by atoms with Gasteiger partial charge in [-0.2, -0.15) is 0 Å². The summed E-state index contributed by atoms with van der Waals surface area (Å²) in [6.45, 7) is 2.58. The molecule has 0 atom stereocenters. The minimum atomic E-state index is 0.170. The van der Waals surface area contributed by atoms with Crippen LogP contribution in [0.25, 0.3) is 0 Å². The summed E-state index contributed by atoms with van der Waals surface area (Å²) in [5.74, 6) is 0.774. The highest BCUT2D eigenvalue weighted by atomic mass is 16.1. The summed E-state index contributed by atoms with van der Waals surface area (Å²) >= 11 is 0. The Kier molecular flexibility index (Phi) is 4.24. The molecule has 1 aliphatic rings. The van der Waals surface area contributed by atoms with Gasteiger partial charge in [0.1, 0.15) is 0 Å². The maximum absolute atomic E-state index is 11.8. The largest absolute Gasteiger partial charge is 0.399 e. The standard InChI is InChI=1S/C15H22N2O/c1-11-13(7-4-8-14(11)16)10-17-15(18)9-12-5-2-3-6-12/h4,7-8,12H,2-3,5-6,9-10,16H2,1H3,(H,17,18). The zero-order valence-electron chi connectivity index (χ0n) is 11.0. The predicted molar refractivity (Wildman–Crippen MR) is 74.0 cm³/mol. The number of amides is 1. The molecule has 2 rings (SSSR count). The Labute approximate surface area is 109 Å². The molecule has 1 aromatic carbocycles. The monoisotopic (exact) mass is 246 g/mol. The molecule has 3 heteroatoms. The number of nitrogens with two attached hydrogens (primary N) is 1. The fourth-order valence-corrected chi connectivity index (χ4v) is 2.64. The van der Waals surface area contributed by atoms with Crippen molar-refractivity contribution in [1.82, 2.24) is 5.32 Å². The van der Waals surface area contributed by atoms with Crippen LogP contribution in [0.1, 0.15) is 43.2 Å². The van der Waals surface area contributed by atoms with E-state index in [0.29, 0.717) is 18.9 Å². The molecule has 0 bridgehead atoms. The molecule has 1 aliphatic carbocycles. The van der Waals surface area contributed by atoms with E-state index >= 15 is 0 Å². The highest BCUT2D eigenvalue weighted by Crippen LogP contribution is 2.27. The molecule has 98 valence electrons. The maximum Gasteiger partial charge on any atom is 0.220 e. The number of carbonyl (C=O) groups excluding carboxylic acids is 1. The molecule has 1 aromatic rings. The molecule has 0 heterocycles. The van der Waals surface area contributed by atoms with Crippen molar-refractivity contribution >= 4 is 11.6 Å². The summed E-state index contributed by atoms with van der Waals surface area (Å²) in [6, 6.07) is 5.83. The SMILES string of the molecule is Cc1c(N)cccc1CNC(=O)CC1CCCC1. The van der Waals surface area contributed by atoms with E-state index in [2.05, 4.69) is 5.32 Å². The van der Waals surface area contributed by atoms with Crippen molar-refractivity contribution < 1.29 is 4.79 Å². The molecular weight excluding hydrogens is 224 g/mol. The maximum atomic E-state index is 11.8. The van der Waals surface area contributed by atoms with Crippen LogP contribution >= 0.6 is 0 Å².